The SMILES string of the molecule is CC(C)N1CC[C@](N)(CF)C1. The molecule has 2 nitrogen and oxygen atoms in total. The van der Waals surface area contributed by atoms with E-state index in [0.717, 1.165) is 13.0 Å². The van der Waals surface area contributed by atoms with Gasteiger partial charge in [0.15, 0.2) is 0 Å². The fraction of sp³-hybridized carbons (Fsp3) is 1.00. The number of likely N-dealkylation sites (tertiary alicyclic amines) is 1. The Balaban J connectivity index is 2.46. The normalized spacial score (nSPS) is 33.5. The van der Waals surface area contributed by atoms with Gasteiger partial charge in [-0.3, -0.25) is 4.90 Å². The number of hydrogen-bond acceptors (Lipinski definition) is 2. The summed E-state index contributed by atoms with van der Waals surface area (Å²) in [5, 5.41) is 0. The Kier molecular flexibility index (Phi) is 2.50. The highest BCUT2D eigenvalue weighted by molar-refractivity contribution is 4.94. The highest BCUT2D eigenvalue weighted by atomic mass is 19.1. The lowest BCUT2D eigenvalue weighted by Crippen LogP contribution is -2.45. The summed E-state index contributed by atoms with van der Waals surface area (Å²) in [5.41, 5.74) is 5.22. The lowest BCUT2D eigenvalue weighted by Gasteiger charge is -2.23. The van der Waals surface area contributed by atoms with E-state index in [2.05, 4.69) is 18.7 Å². The summed E-state index contributed by atoms with van der Waals surface area (Å²) in [7, 11) is 0. The van der Waals surface area contributed by atoms with Gasteiger partial charge in [0.25, 0.3) is 0 Å². The van der Waals surface area contributed by atoms with Crippen LogP contribution in [-0.2, 0) is 0 Å². The van der Waals surface area contributed by atoms with Crippen LogP contribution in [0.4, 0.5) is 4.39 Å². The van der Waals surface area contributed by atoms with E-state index >= 15 is 0 Å². The number of nitrogens with zero attached hydrogens (tertiary/aromatic N) is 1. The van der Waals surface area contributed by atoms with Crippen LogP contribution in [-0.4, -0.2) is 36.2 Å². The molecule has 1 fully saturated rings. The number of alkyl halides is 1. The molecule has 3 heteroatoms. The van der Waals surface area contributed by atoms with Crippen molar-refractivity contribution in [3.63, 3.8) is 0 Å². The molecular weight excluding hydrogens is 143 g/mol. The van der Waals surface area contributed by atoms with Crippen LogP contribution >= 0.6 is 0 Å². The summed E-state index contributed by atoms with van der Waals surface area (Å²) in [5.74, 6) is 0. The first-order chi connectivity index (χ1) is 5.07. The molecule has 0 bridgehead atoms. The van der Waals surface area contributed by atoms with Gasteiger partial charge in [-0.2, -0.15) is 0 Å². The molecule has 0 radical (unpaired) electrons. The van der Waals surface area contributed by atoms with Crippen molar-refractivity contribution in [3.05, 3.63) is 0 Å². The molecule has 1 atom stereocenters. The third kappa shape index (κ3) is 1.91. The van der Waals surface area contributed by atoms with Crippen LogP contribution in [0.2, 0.25) is 0 Å². The number of halogens is 1. The molecule has 0 amide bonds. The molecule has 2 N–H and O–H groups in total. The van der Waals surface area contributed by atoms with Crippen molar-refractivity contribution in [1.82, 2.24) is 4.90 Å². The van der Waals surface area contributed by atoms with Gasteiger partial charge in [0.1, 0.15) is 6.67 Å². The summed E-state index contributed by atoms with van der Waals surface area (Å²) in [6.07, 6.45) is 0.793. The van der Waals surface area contributed by atoms with Crippen molar-refractivity contribution in [1.29, 1.82) is 0 Å². The molecule has 0 saturated carbocycles. The monoisotopic (exact) mass is 160 g/mol. The van der Waals surface area contributed by atoms with Crippen molar-refractivity contribution in [2.75, 3.05) is 19.8 Å². The molecule has 1 aliphatic heterocycles. The average molecular weight is 160 g/mol. The fourth-order valence-corrected chi connectivity index (χ4v) is 1.48. The Morgan fingerprint density at radius 2 is 2.27 bits per heavy atom. The summed E-state index contributed by atoms with van der Waals surface area (Å²) in [6.45, 7) is 5.49. The van der Waals surface area contributed by atoms with E-state index in [1.54, 1.807) is 0 Å². The van der Waals surface area contributed by atoms with E-state index in [1.807, 2.05) is 0 Å². The first kappa shape index (κ1) is 8.94. The van der Waals surface area contributed by atoms with Gasteiger partial charge in [-0.15, -0.1) is 0 Å². The molecule has 0 unspecified atom stereocenters. The molecule has 1 heterocycles. The standard InChI is InChI=1S/C8H17FN2/c1-7(2)11-4-3-8(10,5-9)6-11/h7H,3-6,10H2,1-2H3/t8-/m0/s1. The summed E-state index contributed by atoms with van der Waals surface area (Å²) < 4.78 is 12.4. The van der Waals surface area contributed by atoms with Crippen LogP contribution in [0.25, 0.3) is 0 Å². The predicted octanol–water partition coefficient (Wildman–Crippen LogP) is 0.767. The highest BCUT2D eigenvalue weighted by Gasteiger charge is 2.35. The second kappa shape index (κ2) is 3.07. The number of nitrogens with two attached hydrogens (primary N) is 1. The number of rotatable bonds is 2. The smallest absolute Gasteiger partial charge is 0.109 e. The second-order valence-electron chi connectivity index (χ2n) is 3.81. The molecule has 0 spiro atoms. The summed E-state index contributed by atoms with van der Waals surface area (Å²) >= 11 is 0. The van der Waals surface area contributed by atoms with Crippen LogP contribution in [0.3, 0.4) is 0 Å². The quantitative estimate of drug-likeness (QED) is 0.646. The molecule has 1 saturated heterocycles. The van der Waals surface area contributed by atoms with Crippen LogP contribution in [0.5, 0.6) is 0 Å². The first-order valence-corrected chi connectivity index (χ1v) is 4.16. The minimum Gasteiger partial charge on any atom is -0.322 e. The zero-order valence-electron chi connectivity index (χ0n) is 7.31. The Morgan fingerprint density at radius 3 is 2.55 bits per heavy atom. The second-order valence-corrected chi connectivity index (χ2v) is 3.81. The largest absolute Gasteiger partial charge is 0.322 e. The lowest BCUT2D eigenvalue weighted by molar-refractivity contribution is 0.238. The van der Waals surface area contributed by atoms with Crippen LogP contribution < -0.4 is 5.73 Å². The molecule has 1 aliphatic rings. The maximum Gasteiger partial charge on any atom is 0.109 e. The van der Waals surface area contributed by atoms with Gasteiger partial charge in [0, 0.05) is 19.1 Å². The van der Waals surface area contributed by atoms with Crippen molar-refractivity contribution >= 4 is 0 Å². The minimum atomic E-state index is -0.551. The van der Waals surface area contributed by atoms with Crippen molar-refractivity contribution < 1.29 is 4.39 Å². The Bertz CT molecular complexity index is 138. The molecule has 11 heavy (non-hydrogen) atoms. The lowest BCUT2D eigenvalue weighted by atomic mass is 10.0. The maximum atomic E-state index is 12.4. The molecule has 0 aliphatic carbocycles. The minimum absolute atomic E-state index is 0.393. The maximum absolute atomic E-state index is 12.4. The van der Waals surface area contributed by atoms with E-state index in [4.69, 9.17) is 5.73 Å². The van der Waals surface area contributed by atoms with Gasteiger partial charge in [-0.25, -0.2) is 4.39 Å². The molecule has 0 aromatic rings. The van der Waals surface area contributed by atoms with E-state index in [-0.39, 0.29) is 0 Å². The molecule has 0 aromatic heterocycles. The van der Waals surface area contributed by atoms with Gasteiger partial charge >= 0.3 is 0 Å². The van der Waals surface area contributed by atoms with Gasteiger partial charge in [0.2, 0.25) is 0 Å². The van der Waals surface area contributed by atoms with Gasteiger partial charge in [-0.1, -0.05) is 0 Å². The van der Waals surface area contributed by atoms with Crippen molar-refractivity contribution in [3.8, 4) is 0 Å². The zero-order valence-corrected chi connectivity index (χ0v) is 7.31. The molecule has 0 aromatic carbocycles. The first-order valence-electron chi connectivity index (χ1n) is 4.16. The number of hydrogen-bond donors (Lipinski definition) is 1. The highest BCUT2D eigenvalue weighted by Crippen LogP contribution is 2.20. The summed E-state index contributed by atoms with van der Waals surface area (Å²) in [6, 6.07) is 0.493. The topological polar surface area (TPSA) is 29.3 Å². The van der Waals surface area contributed by atoms with Gasteiger partial charge in [-0.05, 0) is 20.3 Å². The van der Waals surface area contributed by atoms with Crippen molar-refractivity contribution in [2.24, 2.45) is 5.73 Å². The fourth-order valence-electron chi connectivity index (χ4n) is 1.48. The Labute approximate surface area is 67.6 Å². The van der Waals surface area contributed by atoms with E-state index in [0.29, 0.717) is 12.6 Å². The molecule has 1 rings (SSSR count). The third-order valence-electron chi connectivity index (χ3n) is 2.41. The predicted molar refractivity (Wildman–Crippen MR) is 44.2 cm³/mol. The van der Waals surface area contributed by atoms with E-state index in [9.17, 15) is 4.39 Å². The van der Waals surface area contributed by atoms with E-state index in [1.165, 1.54) is 0 Å². The van der Waals surface area contributed by atoms with Crippen LogP contribution in [0, 0.1) is 0 Å². The van der Waals surface area contributed by atoms with Crippen molar-refractivity contribution in [2.45, 2.75) is 31.8 Å². The molecular formula is C8H17FN2. The third-order valence-corrected chi connectivity index (χ3v) is 2.41. The van der Waals surface area contributed by atoms with E-state index < -0.39 is 12.2 Å². The van der Waals surface area contributed by atoms with Gasteiger partial charge < -0.3 is 5.73 Å². The Hall–Kier alpha value is -0.150. The Morgan fingerprint density at radius 1 is 1.64 bits per heavy atom. The van der Waals surface area contributed by atoms with Crippen LogP contribution in [0.1, 0.15) is 20.3 Å². The average Bonchev–Trinajstić information content (AvgIpc) is 2.33. The summed E-state index contributed by atoms with van der Waals surface area (Å²) in [4.78, 5) is 2.22. The molecule has 66 valence electrons. The van der Waals surface area contributed by atoms with Gasteiger partial charge in [0.05, 0.1) is 5.54 Å². The zero-order chi connectivity index (χ0) is 8.48. The van der Waals surface area contributed by atoms with Crippen LogP contribution in [0.15, 0.2) is 0 Å².